The van der Waals surface area contributed by atoms with Crippen molar-refractivity contribution in [1.82, 2.24) is 24.5 Å². The molecule has 1 unspecified atom stereocenters. The van der Waals surface area contributed by atoms with Gasteiger partial charge in [-0.2, -0.15) is 9.11 Å². The molecular weight excluding hydrogens is 595 g/mol. The molecule has 45 heavy (non-hydrogen) atoms. The molecule has 7 rings (SSSR count). The molecule has 0 radical (unpaired) electrons. The second kappa shape index (κ2) is 11.0. The molecule has 1 aliphatic heterocycles. The van der Waals surface area contributed by atoms with Crippen LogP contribution < -0.4 is 25.8 Å². The van der Waals surface area contributed by atoms with Crippen LogP contribution in [0.4, 0.5) is 10.2 Å². The van der Waals surface area contributed by atoms with Crippen LogP contribution in [0.15, 0.2) is 47.6 Å². The number of nitrogens with zero attached hydrogens (tertiary/aromatic N) is 5. The minimum atomic E-state index is -4.22. The first-order valence-corrected chi connectivity index (χ1v) is 17.5. The van der Waals surface area contributed by atoms with Crippen molar-refractivity contribution < 1.29 is 17.5 Å². The zero-order chi connectivity index (χ0) is 31.6. The lowest BCUT2D eigenvalue weighted by Gasteiger charge is -2.35. The molecule has 4 heterocycles. The number of hydrogen-bond acceptors (Lipinski definition) is 9. The van der Waals surface area contributed by atoms with Crippen LogP contribution in [-0.2, 0) is 10.0 Å². The topological polar surface area (TPSA) is 154 Å². The summed E-state index contributed by atoms with van der Waals surface area (Å²) in [7, 11) is -4.22. The maximum atomic E-state index is 13.7. The van der Waals surface area contributed by atoms with Crippen LogP contribution in [0.25, 0.3) is 5.82 Å². The third-order valence-electron chi connectivity index (χ3n) is 10.8. The van der Waals surface area contributed by atoms with Crippen LogP contribution in [0.5, 0.6) is 5.88 Å². The summed E-state index contributed by atoms with van der Waals surface area (Å²) in [4.78, 5) is 10.7. The highest BCUT2D eigenvalue weighted by atomic mass is 32.2. The largest absolute Gasteiger partial charge is 0.477 e. The molecule has 3 saturated carbocycles. The third-order valence-corrected chi connectivity index (χ3v) is 12.1. The highest BCUT2D eigenvalue weighted by Crippen LogP contribution is 2.93. The fourth-order valence-corrected chi connectivity index (χ4v) is 9.42. The average Bonchev–Trinajstić information content (AvgIpc) is 3.95. The van der Waals surface area contributed by atoms with E-state index in [0.717, 1.165) is 44.2 Å². The summed E-state index contributed by atoms with van der Waals surface area (Å²) in [5.74, 6) is 1.99. The van der Waals surface area contributed by atoms with E-state index in [4.69, 9.17) is 21.2 Å². The lowest BCUT2D eigenvalue weighted by atomic mass is 9.93. The maximum Gasteiger partial charge on any atom is 0.259 e. The van der Waals surface area contributed by atoms with Gasteiger partial charge in [-0.25, -0.2) is 23.1 Å². The van der Waals surface area contributed by atoms with E-state index in [-0.39, 0.29) is 5.54 Å². The normalized spacial score (nSPS) is 23.0. The van der Waals surface area contributed by atoms with E-state index >= 15 is 0 Å². The van der Waals surface area contributed by atoms with Gasteiger partial charge in [0, 0.05) is 29.9 Å². The number of hydrogen-bond donors (Lipinski definition) is 3. The molecule has 3 aliphatic carbocycles. The van der Waals surface area contributed by atoms with E-state index in [2.05, 4.69) is 33.6 Å². The summed E-state index contributed by atoms with van der Waals surface area (Å²) in [6.45, 7) is 6.31. The first-order chi connectivity index (χ1) is 21.5. The fourth-order valence-electron chi connectivity index (χ4n) is 8.37. The van der Waals surface area contributed by atoms with Gasteiger partial charge >= 0.3 is 0 Å². The fraction of sp³-hybridized carbons (Fsp3) is 0.594. The summed E-state index contributed by atoms with van der Waals surface area (Å²) >= 11 is 0. The first-order valence-electron chi connectivity index (χ1n) is 16.1. The monoisotopic (exact) mass is 638 g/mol. The van der Waals surface area contributed by atoms with E-state index in [9.17, 15) is 12.8 Å². The molecule has 0 aromatic carbocycles. The summed E-state index contributed by atoms with van der Waals surface area (Å²) in [5.41, 5.74) is 13.9. The molecule has 5 N–H and O–H groups in total. The van der Waals surface area contributed by atoms with Gasteiger partial charge in [0.15, 0.2) is 10.8 Å². The molecule has 1 saturated heterocycles. The Labute approximate surface area is 264 Å². The smallest absolute Gasteiger partial charge is 0.259 e. The SMILES string of the molecule is CC1(C)C[C@H](CCCN)CN1c1nc(-n2ccc(OCCC3C4(CC4)C34CC4)n2)ccc1C(N)NS(=O)(=O)c1cccc(F)n1. The summed E-state index contributed by atoms with van der Waals surface area (Å²) in [6, 6.07) is 8.98. The summed E-state index contributed by atoms with van der Waals surface area (Å²) in [5, 5.41) is 4.21. The Morgan fingerprint density at radius 2 is 1.84 bits per heavy atom. The van der Waals surface area contributed by atoms with Crippen molar-refractivity contribution in [3.8, 4) is 11.7 Å². The number of anilines is 1. The molecule has 0 amide bonds. The molecule has 13 heteroatoms. The average molecular weight is 639 g/mol. The van der Waals surface area contributed by atoms with Crippen molar-refractivity contribution in [2.75, 3.05) is 24.6 Å². The quantitative estimate of drug-likeness (QED) is 0.186. The minimum absolute atomic E-state index is 0.276. The maximum absolute atomic E-state index is 13.7. The van der Waals surface area contributed by atoms with Crippen LogP contribution in [0.2, 0.25) is 0 Å². The minimum Gasteiger partial charge on any atom is -0.477 e. The number of fused-ring (bicyclic) bond motifs is 1. The number of nitrogens with one attached hydrogen (secondary N) is 1. The first kappa shape index (κ1) is 30.5. The van der Waals surface area contributed by atoms with E-state index in [1.165, 1.54) is 37.8 Å². The zero-order valence-electron chi connectivity index (χ0n) is 26.0. The van der Waals surface area contributed by atoms with Crippen molar-refractivity contribution in [3.05, 3.63) is 54.1 Å². The number of rotatable bonds is 13. The molecular formula is C32H43FN8O3S. The lowest BCUT2D eigenvalue weighted by Crippen LogP contribution is -2.42. The van der Waals surface area contributed by atoms with E-state index < -0.39 is 27.2 Å². The number of halogens is 1. The summed E-state index contributed by atoms with van der Waals surface area (Å²) < 4.78 is 50.2. The number of pyridine rings is 2. The van der Waals surface area contributed by atoms with Crippen LogP contribution >= 0.6 is 0 Å². The molecule has 4 fully saturated rings. The Kier molecular flexibility index (Phi) is 7.46. The van der Waals surface area contributed by atoms with Crippen LogP contribution in [0.1, 0.15) is 76.9 Å². The second-order valence-corrected chi connectivity index (χ2v) is 15.7. The van der Waals surface area contributed by atoms with Crippen LogP contribution in [0, 0.1) is 28.6 Å². The predicted molar refractivity (Wildman–Crippen MR) is 168 cm³/mol. The van der Waals surface area contributed by atoms with Gasteiger partial charge in [0.2, 0.25) is 11.8 Å². The Morgan fingerprint density at radius 1 is 1.09 bits per heavy atom. The van der Waals surface area contributed by atoms with Crippen molar-refractivity contribution in [1.29, 1.82) is 0 Å². The lowest BCUT2D eigenvalue weighted by molar-refractivity contribution is 0.283. The van der Waals surface area contributed by atoms with E-state index in [1.54, 1.807) is 16.8 Å². The highest BCUT2D eigenvalue weighted by Gasteiger charge is 2.85. The predicted octanol–water partition coefficient (Wildman–Crippen LogP) is 4.04. The Balaban J connectivity index is 1.13. The van der Waals surface area contributed by atoms with Gasteiger partial charge in [-0.05, 0) is 119 Å². The van der Waals surface area contributed by atoms with Crippen molar-refractivity contribution in [2.45, 2.75) is 81.9 Å². The standard InChI is InChI=1S/C32H43FN8O3S/c1-30(2)19-21(5-4-16-34)20-40(30)29-22(28(35)39-45(42,43)27-7-3-6-24(33)36-27)8-9-25(37-29)41-17-10-26(38-41)44-18-11-23-31(12-13-31)32(23)14-15-32/h3,6-10,17,21,23,28,39H,4-5,11-16,18-20,34-35H2,1-2H3/t21-,28?/m0/s1. The summed E-state index contributed by atoms with van der Waals surface area (Å²) in [6.07, 6.45) is 10.1. The van der Waals surface area contributed by atoms with Gasteiger partial charge in [0.05, 0.1) is 12.8 Å². The molecule has 2 atom stereocenters. The van der Waals surface area contributed by atoms with Gasteiger partial charge in [0.25, 0.3) is 10.0 Å². The molecule has 0 bridgehead atoms. The molecule has 3 aromatic rings. The number of aromatic nitrogens is 4. The van der Waals surface area contributed by atoms with Crippen molar-refractivity contribution in [2.24, 2.45) is 34.1 Å². The van der Waals surface area contributed by atoms with Crippen molar-refractivity contribution >= 4 is 15.8 Å². The van der Waals surface area contributed by atoms with Crippen LogP contribution in [-0.4, -0.2) is 53.4 Å². The van der Waals surface area contributed by atoms with Gasteiger partial charge in [-0.15, -0.1) is 5.10 Å². The van der Waals surface area contributed by atoms with Crippen LogP contribution in [0.3, 0.4) is 0 Å². The van der Waals surface area contributed by atoms with Gasteiger partial charge in [-0.1, -0.05) is 6.07 Å². The van der Waals surface area contributed by atoms with Crippen molar-refractivity contribution in [3.63, 3.8) is 0 Å². The van der Waals surface area contributed by atoms with E-state index in [1.807, 2.05) is 12.3 Å². The molecule has 4 aliphatic rings. The number of nitrogens with two attached hydrogens (primary N) is 2. The van der Waals surface area contributed by atoms with Gasteiger partial charge in [0.1, 0.15) is 5.82 Å². The third kappa shape index (κ3) is 5.51. The molecule has 11 nitrogen and oxygen atoms in total. The molecule has 3 aromatic heterocycles. The second-order valence-electron chi connectivity index (χ2n) is 14.0. The molecule has 242 valence electrons. The van der Waals surface area contributed by atoms with Gasteiger partial charge < -0.3 is 21.1 Å². The number of sulfonamides is 1. The number of ether oxygens (including phenoxy) is 1. The Morgan fingerprint density at radius 3 is 2.53 bits per heavy atom. The van der Waals surface area contributed by atoms with E-state index in [0.29, 0.717) is 53.0 Å². The zero-order valence-corrected chi connectivity index (χ0v) is 26.8. The Bertz CT molecular complexity index is 1670. The Hall–Kier alpha value is -3.13. The molecule has 2 spiro atoms. The highest BCUT2D eigenvalue weighted by molar-refractivity contribution is 7.89. The van der Waals surface area contributed by atoms with Gasteiger partial charge in [-0.3, -0.25) is 0 Å².